The standard InChI is InChI=1S/C48H86O12/c1-9-11-13-23-29-37(4)31-24-18-15-14-16-21-27-33-54-34-42(56-38(5)49)35-55-44-45(57-39(6)50)47(58-40(7)51)48(59-41(8)52)46(44)60-43(53)32-26-20-17-19-25-30-36(3)28-22-12-10-2/h36-37,42,44-48H,9-35H2,1-8H3/t36?,37?,42-,44+,45+,46+,47-,48-/m0/s1. The molecule has 8 atom stereocenters. The Morgan fingerprint density at radius 1 is 0.433 bits per heavy atom. The van der Waals surface area contributed by atoms with Gasteiger partial charge in [0.15, 0.2) is 24.4 Å². The van der Waals surface area contributed by atoms with E-state index in [1.54, 1.807) is 0 Å². The fourth-order valence-corrected chi connectivity index (χ4v) is 8.05. The fourth-order valence-electron chi connectivity index (χ4n) is 8.05. The second-order valence-corrected chi connectivity index (χ2v) is 17.4. The minimum absolute atomic E-state index is 0.0458. The van der Waals surface area contributed by atoms with Crippen LogP contribution >= 0.6 is 0 Å². The van der Waals surface area contributed by atoms with E-state index < -0.39 is 66.5 Å². The topological polar surface area (TPSA) is 150 Å². The Labute approximate surface area is 363 Å². The highest BCUT2D eigenvalue weighted by Crippen LogP contribution is 2.35. The number of hydrogen-bond donors (Lipinski definition) is 0. The van der Waals surface area contributed by atoms with Crippen LogP contribution in [0.1, 0.15) is 209 Å². The largest absolute Gasteiger partial charge is 0.458 e. The first kappa shape index (κ1) is 55.3. The molecule has 0 bridgehead atoms. The van der Waals surface area contributed by atoms with Crippen LogP contribution < -0.4 is 0 Å². The van der Waals surface area contributed by atoms with Crippen LogP contribution in [0.5, 0.6) is 0 Å². The van der Waals surface area contributed by atoms with Gasteiger partial charge in [0.25, 0.3) is 0 Å². The summed E-state index contributed by atoms with van der Waals surface area (Å²) in [5, 5.41) is 0. The molecule has 1 aliphatic carbocycles. The van der Waals surface area contributed by atoms with Crippen LogP contribution in [0.3, 0.4) is 0 Å². The van der Waals surface area contributed by atoms with Crippen LogP contribution in [0.15, 0.2) is 0 Å². The molecule has 0 amide bonds. The first-order valence-corrected chi connectivity index (χ1v) is 23.9. The van der Waals surface area contributed by atoms with Gasteiger partial charge in [0.2, 0.25) is 0 Å². The zero-order chi connectivity index (χ0) is 44.5. The van der Waals surface area contributed by atoms with Crippen molar-refractivity contribution in [1.29, 1.82) is 0 Å². The van der Waals surface area contributed by atoms with E-state index in [9.17, 15) is 24.0 Å². The highest BCUT2D eigenvalue weighted by atomic mass is 16.7. The molecule has 1 aliphatic rings. The van der Waals surface area contributed by atoms with Gasteiger partial charge in [-0.05, 0) is 24.7 Å². The minimum atomic E-state index is -1.32. The van der Waals surface area contributed by atoms with Gasteiger partial charge < -0.3 is 33.2 Å². The van der Waals surface area contributed by atoms with Crippen LogP contribution in [0, 0.1) is 11.8 Å². The summed E-state index contributed by atoms with van der Waals surface area (Å²) in [6.45, 7) is 14.3. The van der Waals surface area contributed by atoms with E-state index in [0.29, 0.717) is 13.0 Å². The first-order valence-electron chi connectivity index (χ1n) is 23.9. The van der Waals surface area contributed by atoms with Gasteiger partial charge in [-0.3, -0.25) is 24.0 Å². The van der Waals surface area contributed by atoms with E-state index in [1.165, 1.54) is 124 Å². The van der Waals surface area contributed by atoms with E-state index >= 15 is 0 Å². The molecule has 0 heterocycles. The summed E-state index contributed by atoms with van der Waals surface area (Å²) >= 11 is 0. The average molecular weight is 855 g/mol. The molecular formula is C48H86O12. The number of carbonyl (C=O) groups excluding carboxylic acids is 5. The molecule has 1 saturated carbocycles. The van der Waals surface area contributed by atoms with Crippen molar-refractivity contribution in [1.82, 2.24) is 0 Å². The van der Waals surface area contributed by atoms with Gasteiger partial charge in [-0.1, -0.05) is 163 Å². The summed E-state index contributed by atoms with van der Waals surface area (Å²) in [4.78, 5) is 62.2. The van der Waals surface area contributed by atoms with E-state index in [1.807, 2.05) is 0 Å². The number of ether oxygens (including phenoxy) is 7. The van der Waals surface area contributed by atoms with Gasteiger partial charge in [-0.15, -0.1) is 0 Å². The smallest absolute Gasteiger partial charge is 0.306 e. The van der Waals surface area contributed by atoms with Gasteiger partial charge in [0.1, 0.15) is 12.2 Å². The summed E-state index contributed by atoms with van der Waals surface area (Å²) in [7, 11) is 0. The molecule has 0 N–H and O–H groups in total. The molecule has 0 aliphatic heterocycles. The van der Waals surface area contributed by atoms with Crippen LogP contribution in [0.4, 0.5) is 0 Å². The molecule has 0 spiro atoms. The Kier molecular flexibility index (Phi) is 32.1. The predicted molar refractivity (Wildman–Crippen MR) is 233 cm³/mol. The lowest BCUT2D eigenvalue weighted by molar-refractivity contribution is -0.181. The summed E-state index contributed by atoms with van der Waals surface area (Å²) < 4.78 is 40.2. The Morgan fingerprint density at radius 3 is 1.28 bits per heavy atom. The molecule has 1 fully saturated rings. The Morgan fingerprint density at radius 2 is 0.817 bits per heavy atom. The van der Waals surface area contributed by atoms with E-state index in [4.69, 9.17) is 33.2 Å². The molecule has 0 radical (unpaired) electrons. The van der Waals surface area contributed by atoms with Gasteiger partial charge in [0, 0.05) is 40.7 Å². The molecule has 12 nitrogen and oxygen atoms in total. The van der Waals surface area contributed by atoms with Crippen molar-refractivity contribution >= 4 is 29.8 Å². The van der Waals surface area contributed by atoms with E-state index in [-0.39, 0.29) is 19.6 Å². The average Bonchev–Trinajstić information content (AvgIpc) is 3.41. The molecule has 12 heteroatoms. The fraction of sp³-hybridized carbons (Fsp3) is 0.896. The summed E-state index contributed by atoms with van der Waals surface area (Å²) in [6.07, 6.45) is 19.9. The molecule has 2 unspecified atom stereocenters. The van der Waals surface area contributed by atoms with Crippen LogP contribution in [-0.2, 0) is 57.1 Å². The summed E-state index contributed by atoms with van der Waals surface area (Å²) in [5.41, 5.74) is 0. The molecule has 0 aromatic rings. The quantitative estimate of drug-likeness (QED) is 0.0332. The number of unbranched alkanes of at least 4 members (excludes halogenated alkanes) is 15. The maximum atomic E-state index is 13.3. The van der Waals surface area contributed by atoms with Crippen molar-refractivity contribution in [2.45, 2.75) is 246 Å². The van der Waals surface area contributed by atoms with Gasteiger partial charge >= 0.3 is 29.8 Å². The highest BCUT2D eigenvalue weighted by molar-refractivity contribution is 5.71. The van der Waals surface area contributed by atoms with Crippen molar-refractivity contribution in [2.24, 2.45) is 11.8 Å². The molecule has 350 valence electrons. The molecular weight excluding hydrogens is 769 g/mol. The van der Waals surface area contributed by atoms with Crippen molar-refractivity contribution in [3.05, 3.63) is 0 Å². The number of esters is 5. The molecule has 0 saturated heterocycles. The summed E-state index contributed by atoms with van der Waals surface area (Å²) in [6, 6.07) is 0. The Hall–Kier alpha value is -2.73. The minimum Gasteiger partial charge on any atom is -0.458 e. The number of carbonyl (C=O) groups is 5. The molecule has 60 heavy (non-hydrogen) atoms. The maximum absolute atomic E-state index is 13.3. The van der Waals surface area contributed by atoms with Crippen molar-refractivity contribution in [2.75, 3.05) is 19.8 Å². The zero-order valence-electron chi connectivity index (χ0n) is 39.1. The third-order valence-electron chi connectivity index (χ3n) is 11.3. The van der Waals surface area contributed by atoms with Crippen molar-refractivity contribution in [3.63, 3.8) is 0 Å². The third-order valence-corrected chi connectivity index (χ3v) is 11.3. The number of rotatable bonds is 37. The number of hydrogen-bond acceptors (Lipinski definition) is 12. The normalized spacial score (nSPS) is 20.2. The molecule has 0 aromatic heterocycles. The second kappa shape index (κ2) is 34.8. The van der Waals surface area contributed by atoms with E-state index in [2.05, 4.69) is 27.7 Å². The predicted octanol–water partition coefficient (Wildman–Crippen LogP) is 10.7. The van der Waals surface area contributed by atoms with Gasteiger partial charge in [-0.25, -0.2) is 0 Å². The van der Waals surface area contributed by atoms with Gasteiger partial charge in [0.05, 0.1) is 13.2 Å². The SMILES string of the molecule is CCCCCCC(C)CCCCCCCCCOC[C@@H](CO[C@@H]1[C@@H](OC(C)=O)[C@H](OC(C)=O)[C@@H](OC(C)=O)[C@@H]1OC(=O)CCCCCCCC(C)CCCCC)OC(C)=O. The summed E-state index contributed by atoms with van der Waals surface area (Å²) in [5.74, 6) is -1.70. The van der Waals surface area contributed by atoms with E-state index in [0.717, 1.165) is 56.8 Å². The van der Waals surface area contributed by atoms with Crippen LogP contribution in [0.2, 0.25) is 0 Å². The van der Waals surface area contributed by atoms with Gasteiger partial charge in [-0.2, -0.15) is 0 Å². The Bertz CT molecular complexity index is 1160. The lowest BCUT2D eigenvalue weighted by Crippen LogP contribution is -2.43. The Balaban J connectivity index is 2.77. The zero-order valence-corrected chi connectivity index (χ0v) is 39.1. The second-order valence-electron chi connectivity index (χ2n) is 17.4. The van der Waals surface area contributed by atoms with Crippen molar-refractivity contribution < 1.29 is 57.1 Å². The molecule has 0 aromatic carbocycles. The first-order chi connectivity index (χ1) is 28.8. The molecule has 1 rings (SSSR count). The van der Waals surface area contributed by atoms with Crippen LogP contribution in [-0.4, -0.2) is 86.3 Å². The third kappa shape index (κ3) is 27.3. The lowest BCUT2D eigenvalue weighted by atomic mass is 9.96. The maximum Gasteiger partial charge on any atom is 0.306 e. The van der Waals surface area contributed by atoms with Crippen LogP contribution in [0.25, 0.3) is 0 Å². The lowest BCUT2D eigenvalue weighted by Gasteiger charge is -2.27. The van der Waals surface area contributed by atoms with Crippen molar-refractivity contribution in [3.8, 4) is 0 Å². The monoisotopic (exact) mass is 855 g/mol. The highest BCUT2D eigenvalue weighted by Gasteiger charge is 2.59.